The molecular formula is C16H20N8. The molecule has 3 aromatic heterocycles. The van der Waals surface area contributed by atoms with E-state index in [0.29, 0.717) is 12.1 Å². The third kappa shape index (κ3) is 1.89. The van der Waals surface area contributed by atoms with Gasteiger partial charge in [0.15, 0.2) is 11.5 Å². The van der Waals surface area contributed by atoms with Crippen LogP contribution in [0.5, 0.6) is 0 Å². The second kappa shape index (κ2) is 5.01. The smallest absolute Gasteiger partial charge is 0.198 e. The van der Waals surface area contributed by atoms with Gasteiger partial charge >= 0.3 is 0 Å². The van der Waals surface area contributed by atoms with Crippen LogP contribution in [0.2, 0.25) is 0 Å². The Kier molecular flexibility index (Phi) is 2.90. The summed E-state index contributed by atoms with van der Waals surface area (Å²) in [6, 6.07) is 0.946. The fourth-order valence-electron chi connectivity index (χ4n) is 3.39. The summed E-state index contributed by atoms with van der Waals surface area (Å²) in [7, 11) is 0. The van der Waals surface area contributed by atoms with Crippen LogP contribution >= 0.6 is 0 Å². The number of fused-ring (bicyclic) bond motifs is 1. The van der Waals surface area contributed by atoms with Crippen LogP contribution in [0.3, 0.4) is 0 Å². The summed E-state index contributed by atoms with van der Waals surface area (Å²) in [5.74, 6) is 0.921. The highest BCUT2D eigenvalue weighted by Crippen LogP contribution is 2.32. The van der Waals surface area contributed by atoms with Crippen LogP contribution < -0.4 is 10.2 Å². The molecule has 0 bridgehead atoms. The molecule has 1 atom stereocenters. The number of nitrogens with zero attached hydrogens (tertiary/aromatic N) is 7. The van der Waals surface area contributed by atoms with Gasteiger partial charge in [-0.25, -0.2) is 14.5 Å². The molecule has 2 fully saturated rings. The number of aromatic nitrogens is 6. The summed E-state index contributed by atoms with van der Waals surface area (Å²) in [4.78, 5) is 11.7. The van der Waals surface area contributed by atoms with E-state index in [2.05, 4.69) is 38.5 Å². The fraction of sp³-hybridized carbons (Fsp3) is 0.500. The summed E-state index contributed by atoms with van der Waals surface area (Å²) >= 11 is 0. The minimum atomic E-state index is 0.448. The van der Waals surface area contributed by atoms with Crippen LogP contribution in [-0.2, 0) is 0 Å². The average molecular weight is 324 g/mol. The monoisotopic (exact) mass is 324 g/mol. The first-order valence-corrected chi connectivity index (χ1v) is 8.44. The van der Waals surface area contributed by atoms with E-state index >= 15 is 0 Å². The second-order valence-corrected chi connectivity index (χ2v) is 6.72. The first kappa shape index (κ1) is 13.9. The molecule has 8 nitrogen and oxygen atoms in total. The van der Waals surface area contributed by atoms with E-state index in [1.807, 2.05) is 22.3 Å². The summed E-state index contributed by atoms with van der Waals surface area (Å²) in [6.07, 6.45) is 6.79. The summed E-state index contributed by atoms with van der Waals surface area (Å²) in [5, 5.41) is 12.2. The van der Waals surface area contributed by atoms with Gasteiger partial charge in [-0.3, -0.25) is 4.68 Å². The summed E-state index contributed by atoms with van der Waals surface area (Å²) in [6.45, 7) is 7.24. The average Bonchev–Trinajstić information content (AvgIpc) is 3.16. The Labute approximate surface area is 139 Å². The Balaban J connectivity index is 1.64. The van der Waals surface area contributed by atoms with E-state index in [1.165, 1.54) is 6.42 Å². The van der Waals surface area contributed by atoms with Crippen molar-refractivity contribution in [3.05, 3.63) is 24.4 Å². The zero-order chi connectivity index (χ0) is 16.3. The molecule has 0 saturated carbocycles. The highest BCUT2D eigenvalue weighted by Gasteiger charge is 2.29. The number of hydrogen-bond acceptors (Lipinski definition) is 6. The molecule has 0 aromatic carbocycles. The Morgan fingerprint density at radius 2 is 2.12 bits per heavy atom. The van der Waals surface area contributed by atoms with E-state index < -0.39 is 0 Å². The van der Waals surface area contributed by atoms with E-state index in [9.17, 15) is 0 Å². The molecule has 2 aliphatic heterocycles. The first-order valence-electron chi connectivity index (χ1n) is 8.44. The standard InChI is InChI=1S/C16H20N8/c1-10-3-4-22(10)16-15-18-9-20-24(15)11(2)14(21-16)12-5-19-23(8-12)13-6-17-7-13/h5,8-10,13,17H,3-4,6-7H2,1-2H3/t10-/m0/s1. The van der Waals surface area contributed by atoms with Gasteiger partial charge in [-0.1, -0.05) is 0 Å². The molecule has 0 spiro atoms. The third-order valence-corrected chi connectivity index (χ3v) is 5.23. The van der Waals surface area contributed by atoms with Crippen LogP contribution in [0.1, 0.15) is 25.1 Å². The lowest BCUT2D eigenvalue weighted by atomic mass is 10.1. The molecule has 0 radical (unpaired) electrons. The normalized spacial score (nSPS) is 21.1. The summed E-state index contributed by atoms with van der Waals surface area (Å²) < 4.78 is 3.93. The van der Waals surface area contributed by atoms with Crippen molar-refractivity contribution in [3.63, 3.8) is 0 Å². The van der Waals surface area contributed by atoms with E-state index in [-0.39, 0.29) is 0 Å². The molecule has 1 N–H and O–H groups in total. The van der Waals surface area contributed by atoms with Crippen LogP contribution in [0.15, 0.2) is 18.7 Å². The van der Waals surface area contributed by atoms with Gasteiger partial charge in [0.2, 0.25) is 0 Å². The minimum absolute atomic E-state index is 0.448. The van der Waals surface area contributed by atoms with Gasteiger partial charge in [0.1, 0.15) is 6.33 Å². The highest BCUT2D eigenvalue weighted by molar-refractivity contribution is 5.72. The van der Waals surface area contributed by atoms with Gasteiger partial charge in [0, 0.05) is 37.4 Å². The maximum absolute atomic E-state index is 4.97. The van der Waals surface area contributed by atoms with Gasteiger partial charge in [0.25, 0.3) is 0 Å². The van der Waals surface area contributed by atoms with Crippen LogP contribution in [0.4, 0.5) is 5.82 Å². The molecule has 0 unspecified atom stereocenters. The predicted octanol–water partition coefficient (Wildman–Crippen LogP) is 1.04. The van der Waals surface area contributed by atoms with Gasteiger partial charge in [-0.15, -0.1) is 0 Å². The zero-order valence-electron chi connectivity index (χ0n) is 13.8. The quantitative estimate of drug-likeness (QED) is 0.776. The van der Waals surface area contributed by atoms with Gasteiger partial charge in [-0.2, -0.15) is 10.2 Å². The summed E-state index contributed by atoms with van der Waals surface area (Å²) in [5.41, 5.74) is 3.79. The molecule has 5 heterocycles. The van der Waals surface area contributed by atoms with Crippen LogP contribution in [0.25, 0.3) is 16.9 Å². The number of nitrogens with one attached hydrogen (secondary N) is 1. The van der Waals surface area contributed by atoms with Crippen molar-refractivity contribution in [1.29, 1.82) is 0 Å². The molecule has 0 amide bonds. The van der Waals surface area contributed by atoms with E-state index in [1.54, 1.807) is 6.33 Å². The van der Waals surface area contributed by atoms with Crippen molar-refractivity contribution in [2.75, 3.05) is 24.5 Å². The van der Waals surface area contributed by atoms with E-state index in [4.69, 9.17) is 4.98 Å². The Morgan fingerprint density at radius 1 is 1.25 bits per heavy atom. The molecule has 2 aliphatic rings. The minimum Gasteiger partial charge on any atom is -0.351 e. The Bertz CT molecular complexity index is 906. The maximum Gasteiger partial charge on any atom is 0.198 e. The number of anilines is 1. The topological polar surface area (TPSA) is 76.2 Å². The van der Waals surface area contributed by atoms with Crippen LogP contribution in [-0.4, -0.2) is 55.0 Å². The van der Waals surface area contributed by atoms with Crippen molar-refractivity contribution in [2.24, 2.45) is 0 Å². The molecule has 8 heteroatoms. The maximum atomic E-state index is 4.97. The molecule has 24 heavy (non-hydrogen) atoms. The number of rotatable bonds is 3. The fourth-order valence-corrected chi connectivity index (χ4v) is 3.39. The SMILES string of the molecule is Cc1c(-c2cnn(C3CNC3)c2)nc(N2CC[C@@H]2C)c2ncnn12. The lowest BCUT2D eigenvalue weighted by molar-refractivity contribution is 0.318. The van der Waals surface area contributed by atoms with Crippen molar-refractivity contribution >= 4 is 11.5 Å². The van der Waals surface area contributed by atoms with Gasteiger partial charge in [-0.05, 0) is 20.3 Å². The van der Waals surface area contributed by atoms with Crippen molar-refractivity contribution < 1.29 is 0 Å². The van der Waals surface area contributed by atoms with Gasteiger partial charge in [0.05, 0.1) is 23.6 Å². The third-order valence-electron chi connectivity index (χ3n) is 5.23. The van der Waals surface area contributed by atoms with Gasteiger partial charge < -0.3 is 10.2 Å². The number of aryl methyl sites for hydroxylation is 1. The van der Waals surface area contributed by atoms with Crippen LogP contribution in [0, 0.1) is 6.92 Å². The van der Waals surface area contributed by atoms with E-state index in [0.717, 1.165) is 48.1 Å². The second-order valence-electron chi connectivity index (χ2n) is 6.72. The molecule has 2 saturated heterocycles. The lowest BCUT2D eigenvalue weighted by Crippen LogP contribution is -2.46. The Morgan fingerprint density at radius 3 is 2.79 bits per heavy atom. The Hall–Kier alpha value is -2.48. The largest absolute Gasteiger partial charge is 0.351 e. The molecule has 3 aromatic rings. The molecule has 124 valence electrons. The first-order chi connectivity index (χ1) is 11.7. The zero-order valence-corrected chi connectivity index (χ0v) is 13.8. The number of hydrogen-bond donors (Lipinski definition) is 1. The molecule has 5 rings (SSSR count). The van der Waals surface area contributed by atoms with Crippen molar-refractivity contribution in [1.82, 2.24) is 34.7 Å². The predicted molar refractivity (Wildman–Crippen MR) is 90.1 cm³/mol. The molecular weight excluding hydrogens is 304 g/mol. The lowest BCUT2D eigenvalue weighted by Gasteiger charge is -2.39. The van der Waals surface area contributed by atoms with Crippen molar-refractivity contribution in [2.45, 2.75) is 32.4 Å². The molecule has 0 aliphatic carbocycles. The van der Waals surface area contributed by atoms with Crippen molar-refractivity contribution in [3.8, 4) is 11.3 Å². The highest BCUT2D eigenvalue weighted by atomic mass is 15.4.